The standard InChI is InChI=1S/C5H10F3NO.ClH/c1-4(9,3-10-2)5(6,7)8;/h3,9H2,1-2H3;1H. The molecule has 0 aromatic heterocycles. The second kappa shape index (κ2) is 4.13. The fraction of sp³-hybridized carbons (Fsp3) is 1.00. The van der Waals surface area contributed by atoms with E-state index < -0.39 is 18.3 Å². The van der Waals surface area contributed by atoms with Gasteiger partial charge in [0, 0.05) is 7.11 Å². The van der Waals surface area contributed by atoms with Crippen LogP contribution in [0.15, 0.2) is 0 Å². The van der Waals surface area contributed by atoms with Crippen molar-refractivity contribution in [2.45, 2.75) is 18.6 Å². The minimum Gasteiger partial charge on any atom is -0.382 e. The normalized spacial score (nSPS) is 16.9. The molecule has 0 aromatic rings. The van der Waals surface area contributed by atoms with Crippen molar-refractivity contribution in [1.29, 1.82) is 0 Å². The molecule has 1 unspecified atom stereocenters. The summed E-state index contributed by atoms with van der Waals surface area (Å²) in [5.41, 5.74) is 2.62. The first-order valence-electron chi connectivity index (χ1n) is 2.66. The van der Waals surface area contributed by atoms with E-state index in [9.17, 15) is 13.2 Å². The van der Waals surface area contributed by atoms with Gasteiger partial charge in [-0.05, 0) is 6.92 Å². The third kappa shape index (κ3) is 3.79. The molecule has 0 aliphatic rings. The molecule has 0 saturated carbocycles. The Hall–Kier alpha value is -0.0000000000000000555. The summed E-state index contributed by atoms with van der Waals surface area (Å²) < 4.78 is 39.7. The first-order valence-corrected chi connectivity index (χ1v) is 2.66. The molecule has 0 bridgehead atoms. The van der Waals surface area contributed by atoms with Crippen molar-refractivity contribution >= 4 is 12.4 Å². The molecule has 2 N–H and O–H groups in total. The second-order valence-electron chi connectivity index (χ2n) is 2.35. The Morgan fingerprint density at radius 2 is 1.73 bits per heavy atom. The zero-order chi connectivity index (χ0) is 8.41. The summed E-state index contributed by atoms with van der Waals surface area (Å²) in [6.07, 6.45) is -4.40. The van der Waals surface area contributed by atoms with Gasteiger partial charge in [-0.25, -0.2) is 0 Å². The van der Waals surface area contributed by atoms with Crippen LogP contribution in [0.5, 0.6) is 0 Å². The Labute approximate surface area is 69.3 Å². The van der Waals surface area contributed by atoms with Gasteiger partial charge in [-0.2, -0.15) is 13.2 Å². The molecule has 0 aliphatic heterocycles. The molecule has 0 aromatic carbocycles. The number of ether oxygens (including phenoxy) is 1. The van der Waals surface area contributed by atoms with Gasteiger partial charge in [-0.1, -0.05) is 0 Å². The van der Waals surface area contributed by atoms with Crippen LogP contribution in [-0.4, -0.2) is 25.4 Å². The van der Waals surface area contributed by atoms with E-state index in [1.807, 2.05) is 0 Å². The molecule has 0 aliphatic carbocycles. The van der Waals surface area contributed by atoms with Gasteiger partial charge in [0.25, 0.3) is 0 Å². The molecular formula is C5H11ClF3NO. The van der Waals surface area contributed by atoms with E-state index in [1.54, 1.807) is 0 Å². The van der Waals surface area contributed by atoms with Crippen molar-refractivity contribution in [3.63, 3.8) is 0 Å². The SMILES string of the molecule is COCC(C)(N)C(F)(F)F.Cl. The van der Waals surface area contributed by atoms with E-state index in [-0.39, 0.29) is 12.4 Å². The van der Waals surface area contributed by atoms with Gasteiger partial charge >= 0.3 is 6.18 Å². The molecule has 0 fully saturated rings. The first-order chi connectivity index (χ1) is 4.31. The van der Waals surface area contributed by atoms with Crippen molar-refractivity contribution in [3.05, 3.63) is 0 Å². The van der Waals surface area contributed by atoms with Crippen LogP contribution >= 0.6 is 12.4 Å². The first kappa shape index (κ1) is 13.6. The molecule has 0 amide bonds. The van der Waals surface area contributed by atoms with E-state index in [1.165, 1.54) is 7.11 Å². The van der Waals surface area contributed by atoms with E-state index in [0.717, 1.165) is 6.92 Å². The summed E-state index contributed by atoms with van der Waals surface area (Å²) in [6, 6.07) is 0. The van der Waals surface area contributed by atoms with Crippen LogP contribution in [0, 0.1) is 0 Å². The average Bonchev–Trinajstić information content (AvgIpc) is 1.61. The van der Waals surface area contributed by atoms with Crippen molar-refractivity contribution in [2.75, 3.05) is 13.7 Å². The summed E-state index contributed by atoms with van der Waals surface area (Å²) in [5, 5.41) is 0. The number of alkyl halides is 3. The molecular weight excluding hydrogens is 183 g/mol. The lowest BCUT2D eigenvalue weighted by atomic mass is 10.1. The van der Waals surface area contributed by atoms with E-state index in [0.29, 0.717) is 0 Å². The summed E-state index contributed by atoms with van der Waals surface area (Å²) in [6.45, 7) is 0.368. The Balaban J connectivity index is 0. The number of methoxy groups -OCH3 is 1. The van der Waals surface area contributed by atoms with Crippen LogP contribution in [0.25, 0.3) is 0 Å². The fourth-order valence-electron chi connectivity index (χ4n) is 0.382. The number of rotatable bonds is 2. The minimum absolute atomic E-state index is 0. The summed E-state index contributed by atoms with van der Waals surface area (Å²) in [5.74, 6) is 0. The largest absolute Gasteiger partial charge is 0.408 e. The van der Waals surface area contributed by atoms with E-state index >= 15 is 0 Å². The van der Waals surface area contributed by atoms with Gasteiger partial charge in [0.1, 0.15) is 5.54 Å². The fourth-order valence-corrected chi connectivity index (χ4v) is 0.382. The molecule has 2 nitrogen and oxygen atoms in total. The highest BCUT2D eigenvalue weighted by atomic mass is 35.5. The predicted octanol–water partition coefficient (Wildman–Crippen LogP) is 1.33. The van der Waals surface area contributed by atoms with Gasteiger partial charge in [0.05, 0.1) is 6.61 Å². The zero-order valence-electron chi connectivity index (χ0n) is 6.23. The van der Waals surface area contributed by atoms with Crippen LogP contribution in [0.3, 0.4) is 0 Å². The number of hydrogen-bond donors (Lipinski definition) is 1. The molecule has 0 rings (SSSR count). The molecule has 6 heteroatoms. The second-order valence-corrected chi connectivity index (χ2v) is 2.35. The average molecular weight is 194 g/mol. The quantitative estimate of drug-likeness (QED) is 0.718. The Morgan fingerprint density at radius 3 is 1.82 bits per heavy atom. The maximum Gasteiger partial charge on any atom is 0.408 e. The molecule has 0 saturated heterocycles. The van der Waals surface area contributed by atoms with Crippen LogP contribution in [0.4, 0.5) is 13.2 Å². The van der Waals surface area contributed by atoms with Crippen molar-refractivity contribution in [3.8, 4) is 0 Å². The van der Waals surface area contributed by atoms with Crippen molar-refractivity contribution < 1.29 is 17.9 Å². The molecule has 0 spiro atoms. The maximum atomic E-state index is 11.8. The highest BCUT2D eigenvalue weighted by Gasteiger charge is 2.48. The van der Waals surface area contributed by atoms with Gasteiger partial charge < -0.3 is 10.5 Å². The van der Waals surface area contributed by atoms with Gasteiger partial charge in [0.2, 0.25) is 0 Å². The predicted molar refractivity (Wildman–Crippen MR) is 37.8 cm³/mol. The molecule has 0 radical (unpaired) electrons. The third-order valence-electron chi connectivity index (χ3n) is 1.09. The van der Waals surface area contributed by atoms with Crippen LogP contribution in [0.1, 0.15) is 6.92 Å². The highest BCUT2D eigenvalue weighted by Crippen LogP contribution is 2.27. The molecule has 11 heavy (non-hydrogen) atoms. The zero-order valence-corrected chi connectivity index (χ0v) is 7.05. The monoisotopic (exact) mass is 193 g/mol. The lowest BCUT2D eigenvalue weighted by Crippen LogP contribution is -2.54. The number of hydrogen-bond acceptors (Lipinski definition) is 2. The van der Waals surface area contributed by atoms with Gasteiger partial charge in [-0.3, -0.25) is 0 Å². The number of nitrogens with two attached hydrogens (primary N) is 1. The van der Waals surface area contributed by atoms with Gasteiger partial charge in [0.15, 0.2) is 0 Å². The van der Waals surface area contributed by atoms with Crippen LogP contribution in [0.2, 0.25) is 0 Å². The lowest BCUT2D eigenvalue weighted by molar-refractivity contribution is -0.192. The minimum atomic E-state index is -4.40. The summed E-state index contributed by atoms with van der Waals surface area (Å²) >= 11 is 0. The molecule has 70 valence electrons. The van der Waals surface area contributed by atoms with E-state index in [2.05, 4.69) is 4.74 Å². The van der Waals surface area contributed by atoms with Crippen LogP contribution < -0.4 is 5.73 Å². The molecule has 1 atom stereocenters. The Bertz CT molecular complexity index is 115. The smallest absolute Gasteiger partial charge is 0.382 e. The maximum absolute atomic E-state index is 11.8. The van der Waals surface area contributed by atoms with Crippen molar-refractivity contribution in [2.24, 2.45) is 5.73 Å². The summed E-state index contributed by atoms with van der Waals surface area (Å²) in [7, 11) is 1.18. The summed E-state index contributed by atoms with van der Waals surface area (Å²) in [4.78, 5) is 0. The topological polar surface area (TPSA) is 35.2 Å². The Morgan fingerprint density at radius 1 is 1.36 bits per heavy atom. The van der Waals surface area contributed by atoms with Crippen LogP contribution in [-0.2, 0) is 4.74 Å². The third-order valence-corrected chi connectivity index (χ3v) is 1.09. The number of halogens is 4. The van der Waals surface area contributed by atoms with Gasteiger partial charge in [-0.15, -0.1) is 12.4 Å². The van der Waals surface area contributed by atoms with Crippen molar-refractivity contribution in [1.82, 2.24) is 0 Å². The van der Waals surface area contributed by atoms with E-state index in [4.69, 9.17) is 5.73 Å². The Kier molecular flexibility index (Phi) is 5.10. The highest BCUT2D eigenvalue weighted by molar-refractivity contribution is 5.85. The lowest BCUT2D eigenvalue weighted by Gasteiger charge is -2.26. The molecule has 0 heterocycles.